The fourth-order valence-electron chi connectivity index (χ4n) is 3.86. The van der Waals surface area contributed by atoms with Gasteiger partial charge in [-0.2, -0.15) is 0 Å². The summed E-state index contributed by atoms with van der Waals surface area (Å²) in [6, 6.07) is 24.8. The minimum Gasteiger partial charge on any atom is -0.354 e. The highest BCUT2D eigenvalue weighted by Gasteiger charge is 2.27. The van der Waals surface area contributed by atoms with Gasteiger partial charge in [-0.1, -0.05) is 67.2 Å². The average molecular weight is 411 g/mol. The van der Waals surface area contributed by atoms with Crippen LogP contribution in [0.2, 0.25) is 0 Å². The molecule has 0 aliphatic rings. The first-order valence-corrected chi connectivity index (χ1v) is 9.88. The molecule has 1 atom stereocenters. The van der Waals surface area contributed by atoms with Crippen molar-refractivity contribution in [2.75, 3.05) is 11.9 Å². The predicted octanol–water partition coefficient (Wildman–Crippen LogP) is 5.37. The molecule has 0 bridgehead atoms. The van der Waals surface area contributed by atoms with Gasteiger partial charge in [0.2, 0.25) is 12.5 Å². The SMILES string of the molecule is C=CC(=O)Nc1ccc(-c2[nH]c3ccccc3c2C(C[N+](=O)[O-])c2ccccc2)cc1. The van der Waals surface area contributed by atoms with Crippen LogP contribution in [0.15, 0.2) is 91.5 Å². The lowest BCUT2D eigenvalue weighted by molar-refractivity contribution is -0.481. The molecular weight excluding hydrogens is 390 g/mol. The van der Waals surface area contributed by atoms with E-state index in [0.29, 0.717) is 5.69 Å². The predicted molar refractivity (Wildman–Crippen MR) is 123 cm³/mol. The van der Waals surface area contributed by atoms with Crippen LogP contribution in [0.5, 0.6) is 0 Å². The molecule has 0 spiro atoms. The third-order valence-corrected chi connectivity index (χ3v) is 5.25. The standard InChI is InChI=1S/C25H21N3O3/c1-2-23(29)26-19-14-12-18(13-15-19)25-24(20-10-6-7-11-22(20)27-25)21(16-28(30)31)17-8-4-3-5-9-17/h2-15,21,27H,1,16H2,(H,26,29). The number of carbonyl (C=O) groups excluding carboxylic acids is 1. The summed E-state index contributed by atoms with van der Waals surface area (Å²) < 4.78 is 0. The van der Waals surface area contributed by atoms with Crippen molar-refractivity contribution < 1.29 is 9.72 Å². The van der Waals surface area contributed by atoms with Gasteiger partial charge in [-0.15, -0.1) is 0 Å². The number of nitrogens with one attached hydrogen (secondary N) is 2. The van der Waals surface area contributed by atoms with Crippen molar-refractivity contribution in [3.8, 4) is 11.3 Å². The van der Waals surface area contributed by atoms with Crippen molar-refractivity contribution in [2.24, 2.45) is 0 Å². The van der Waals surface area contributed by atoms with Crippen molar-refractivity contribution >= 4 is 22.5 Å². The van der Waals surface area contributed by atoms with Gasteiger partial charge in [-0.05, 0) is 41.0 Å². The molecule has 1 unspecified atom stereocenters. The zero-order chi connectivity index (χ0) is 21.8. The van der Waals surface area contributed by atoms with Crippen molar-refractivity contribution in [1.29, 1.82) is 0 Å². The van der Waals surface area contributed by atoms with Crippen molar-refractivity contribution in [3.05, 3.63) is 113 Å². The van der Waals surface area contributed by atoms with Crippen LogP contribution < -0.4 is 5.32 Å². The third-order valence-electron chi connectivity index (χ3n) is 5.25. The van der Waals surface area contributed by atoms with E-state index in [9.17, 15) is 14.9 Å². The summed E-state index contributed by atoms with van der Waals surface area (Å²) in [5, 5.41) is 15.3. The number of carbonyl (C=O) groups is 1. The Kier molecular flexibility index (Phi) is 5.62. The van der Waals surface area contributed by atoms with Gasteiger partial charge in [-0.3, -0.25) is 14.9 Å². The largest absolute Gasteiger partial charge is 0.354 e. The lowest BCUT2D eigenvalue weighted by atomic mass is 9.87. The summed E-state index contributed by atoms with van der Waals surface area (Å²) in [5.74, 6) is -0.698. The number of anilines is 1. The molecule has 3 aromatic carbocycles. The summed E-state index contributed by atoms with van der Waals surface area (Å²) in [5.41, 5.74) is 5.06. The second kappa shape index (κ2) is 8.67. The zero-order valence-corrected chi connectivity index (χ0v) is 16.7. The molecule has 0 aliphatic heterocycles. The first kappa shape index (κ1) is 20.1. The minimum absolute atomic E-state index is 0.216. The summed E-state index contributed by atoms with van der Waals surface area (Å²) >= 11 is 0. The molecule has 4 aromatic rings. The maximum atomic E-state index is 11.6. The van der Waals surface area contributed by atoms with Crippen LogP contribution in [0.1, 0.15) is 17.0 Å². The van der Waals surface area contributed by atoms with Crippen molar-refractivity contribution in [2.45, 2.75) is 5.92 Å². The number of nitrogens with zero attached hydrogens (tertiary/aromatic N) is 1. The molecule has 1 amide bonds. The van der Waals surface area contributed by atoms with E-state index < -0.39 is 5.92 Å². The highest BCUT2D eigenvalue weighted by Crippen LogP contribution is 2.39. The Morgan fingerprint density at radius 2 is 1.71 bits per heavy atom. The van der Waals surface area contributed by atoms with Crippen LogP contribution in [0.4, 0.5) is 5.69 Å². The fraction of sp³-hybridized carbons (Fsp3) is 0.0800. The summed E-state index contributed by atoms with van der Waals surface area (Å²) in [6.07, 6.45) is 1.21. The molecule has 31 heavy (non-hydrogen) atoms. The highest BCUT2D eigenvalue weighted by molar-refractivity contribution is 5.99. The number of rotatable bonds is 7. The lowest BCUT2D eigenvalue weighted by Crippen LogP contribution is -2.14. The normalized spacial score (nSPS) is 11.7. The van der Waals surface area contributed by atoms with Gasteiger partial charge in [0.15, 0.2) is 0 Å². The Bertz CT molecular complexity index is 1240. The van der Waals surface area contributed by atoms with Crippen LogP contribution in [0, 0.1) is 10.1 Å². The molecule has 1 heterocycles. The molecule has 0 fully saturated rings. The van der Waals surface area contributed by atoms with Crippen LogP contribution in [-0.2, 0) is 4.79 Å². The fourth-order valence-corrected chi connectivity index (χ4v) is 3.86. The number of H-pyrrole nitrogens is 1. The van der Waals surface area contributed by atoms with E-state index in [2.05, 4.69) is 16.9 Å². The number of amides is 1. The molecule has 0 radical (unpaired) electrons. The number of hydrogen-bond donors (Lipinski definition) is 2. The van der Waals surface area contributed by atoms with E-state index >= 15 is 0 Å². The monoisotopic (exact) mass is 411 g/mol. The van der Waals surface area contributed by atoms with Gasteiger partial charge < -0.3 is 10.3 Å². The summed E-state index contributed by atoms with van der Waals surface area (Å²) in [4.78, 5) is 26.3. The molecule has 0 aliphatic carbocycles. The number of aromatic amines is 1. The van der Waals surface area contributed by atoms with Crippen molar-refractivity contribution in [1.82, 2.24) is 4.98 Å². The van der Waals surface area contributed by atoms with E-state index in [1.807, 2.05) is 66.7 Å². The summed E-state index contributed by atoms with van der Waals surface area (Å²) in [6.45, 7) is 3.24. The third kappa shape index (κ3) is 4.23. The zero-order valence-electron chi connectivity index (χ0n) is 16.7. The van der Waals surface area contributed by atoms with Gasteiger partial charge >= 0.3 is 0 Å². The number of benzene rings is 3. The first-order valence-electron chi connectivity index (χ1n) is 9.88. The Balaban J connectivity index is 1.87. The van der Waals surface area contributed by atoms with E-state index in [0.717, 1.165) is 33.3 Å². The number of fused-ring (bicyclic) bond motifs is 1. The van der Waals surface area contributed by atoms with Gasteiger partial charge in [0.1, 0.15) is 0 Å². The molecule has 1 aromatic heterocycles. The first-order chi connectivity index (χ1) is 15.1. The molecule has 2 N–H and O–H groups in total. The number of hydrogen-bond acceptors (Lipinski definition) is 3. The van der Waals surface area contributed by atoms with Gasteiger partial charge in [0.05, 0.1) is 11.6 Å². The maximum absolute atomic E-state index is 11.6. The smallest absolute Gasteiger partial charge is 0.247 e. The number of nitro groups is 1. The second-order valence-corrected chi connectivity index (χ2v) is 7.21. The quantitative estimate of drug-likeness (QED) is 0.243. The molecular formula is C25H21N3O3. The van der Waals surface area contributed by atoms with E-state index in [1.54, 1.807) is 12.1 Å². The average Bonchev–Trinajstić information content (AvgIpc) is 3.17. The Labute approximate surface area is 179 Å². The van der Waals surface area contributed by atoms with Crippen LogP contribution in [-0.4, -0.2) is 22.4 Å². The van der Waals surface area contributed by atoms with Crippen LogP contribution >= 0.6 is 0 Å². The molecule has 0 saturated heterocycles. The van der Waals surface area contributed by atoms with Gasteiger partial charge in [0.25, 0.3) is 0 Å². The molecule has 154 valence electrons. The Hall–Kier alpha value is -4.19. The molecule has 0 saturated carbocycles. The van der Waals surface area contributed by atoms with Gasteiger partial charge in [0, 0.05) is 21.5 Å². The molecule has 4 rings (SSSR count). The molecule has 6 heteroatoms. The second-order valence-electron chi connectivity index (χ2n) is 7.21. The Morgan fingerprint density at radius 1 is 1.03 bits per heavy atom. The van der Waals surface area contributed by atoms with E-state index in [1.165, 1.54) is 6.08 Å². The lowest BCUT2D eigenvalue weighted by Gasteiger charge is -2.16. The maximum Gasteiger partial charge on any atom is 0.247 e. The van der Waals surface area contributed by atoms with Crippen LogP contribution in [0.3, 0.4) is 0 Å². The highest BCUT2D eigenvalue weighted by atomic mass is 16.6. The summed E-state index contributed by atoms with van der Waals surface area (Å²) in [7, 11) is 0. The minimum atomic E-state index is -0.414. The van der Waals surface area contributed by atoms with Crippen molar-refractivity contribution in [3.63, 3.8) is 0 Å². The molecule has 6 nitrogen and oxygen atoms in total. The van der Waals surface area contributed by atoms with E-state index in [-0.39, 0.29) is 17.4 Å². The van der Waals surface area contributed by atoms with Gasteiger partial charge in [-0.25, -0.2) is 0 Å². The topological polar surface area (TPSA) is 88.0 Å². The van der Waals surface area contributed by atoms with E-state index in [4.69, 9.17) is 0 Å². The Morgan fingerprint density at radius 3 is 2.39 bits per heavy atom. The number of aromatic nitrogens is 1. The van der Waals surface area contributed by atoms with Crippen LogP contribution in [0.25, 0.3) is 22.2 Å². The number of para-hydroxylation sites is 1.